The number of aromatic hydroxyl groups is 1. The lowest BCUT2D eigenvalue weighted by Gasteiger charge is -2.16. The Balaban J connectivity index is 1.96. The fourth-order valence-corrected chi connectivity index (χ4v) is 2.42. The number of methoxy groups -OCH3 is 1. The summed E-state index contributed by atoms with van der Waals surface area (Å²) in [5.41, 5.74) is 3.03. The summed E-state index contributed by atoms with van der Waals surface area (Å²) in [5, 5.41) is 13.5. The van der Waals surface area contributed by atoms with E-state index in [9.17, 15) is 5.11 Å². The molecule has 0 spiro atoms. The van der Waals surface area contributed by atoms with Gasteiger partial charge in [-0.1, -0.05) is 36.4 Å². The van der Waals surface area contributed by atoms with E-state index in [2.05, 4.69) is 18.3 Å². The van der Waals surface area contributed by atoms with Crippen LogP contribution in [0.3, 0.4) is 0 Å². The normalized spacial score (nSPS) is 12.1. The fraction of sp³-hybridized carbons (Fsp3) is 0.333. The van der Waals surface area contributed by atoms with Crippen molar-refractivity contribution in [2.75, 3.05) is 7.11 Å². The van der Waals surface area contributed by atoms with E-state index < -0.39 is 0 Å². The van der Waals surface area contributed by atoms with Crippen molar-refractivity contribution >= 4 is 0 Å². The molecule has 1 unspecified atom stereocenters. The van der Waals surface area contributed by atoms with Gasteiger partial charge in [-0.25, -0.2) is 0 Å². The Morgan fingerprint density at radius 2 is 1.81 bits per heavy atom. The first kappa shape index (κ1) is 15.4. The van der Waals surface area contributed by atoms with Crippen LogP contribution in [0.1, 0.15) is 23.6 Å². The average molecular weight is 285 g/mol. The van der Waals surface area contributed by atoms with Gasteiger partial charge in [0.2, 0.25) is 0 Å². The highest BCUT2D eigenvalue weighted by Crippen LogP contribution is 2.22. The van der Waals surface area contributed by atoms with Gasteiger partial charge in [-0.05, 0) is 37.5 Å². The first-order valence-electron chi connectivity index (χ1n) is 7.24. The molecule has 2 rings (SSSR count). The molecule has 0 bridgehead atoms. The molecular formula is C18H23NO2. The van der Waals surface area contributed by atoms with Crippen molar-refractivity contribution < 1.29 is 9.84 Å². The number of benzene rings is 2. The first-order valence-corrected chi connectivity index (χ1v) is 7.24. The summed E-state index contributed by atoms with van der Waals surface area (Å²) >= 11 is 0. The Morgan fingerprint density at radius 3 is 2.57 bits per heavy atom. The van der Waals surface area contributed by atoms with Crippen molar-refractivity contribution in [3.63, 3.8) is 0 Å². The van der Waals surface area contributed by atoms with Gasteiger partial charge in [0, 0.05) is 18.2 Å². The third kappa shape index (κ3) is 3.99. The summed E-state index contributed by atoms with van der Waals surface area (Å²) in [5.74, 6) is 1.30. The smallest absolute Gasteiger partial charge is 0.122 e. The average Bonchev–Trinajstić information content (AvgIpc) is 2.49. The monoisotopic (exact) mass is 285 g/mol. The van der Waals surface area contributed by atoms with Crippen LogP contribution < -0.4 is 10.1 Å². The number of hydrogen-bond acceptors (Lipinski definition) is 3. The Bertz CT molecular complexity index is 596. The van der Waals surface area contributed by atoms with Gasteiger partial charge in [-0.15, -0.1) is 0 Å². The molecule has 0 aliphatic carbocycles. The van der Waals surface area contributed by atoms with Gasteiger partial charge in [0.05, 0.1) is 7.11 Å². The molecule has 0 aliphatic rings. The molecule has 3 heteroatoms. The van der Waals surface area contributed by atoms with E-state index in [4.69, 9.17) is 4.74 Å². The van der Waals surface area contributed by atoms with Crippen molar-refractivity contribution in [2.24, 2.45) is 0 Å². The Kier molecular flexibility index (Phi) is 5.23. The van der Waals surface area contributed by atoms with Crippen molar-refractivity contribution in [1.29, 1.82) is 0 Å². The highest BCUT2D eigenvalue weighted by Gasteiger charge is 2.09. The minimum Gasteiger partial charge on any atom is -0.507 e. The van der Waals surface area contributed by atoms with E-state index in [0.29, 0.717) is 18.3 Å². The van der Waals surface area contributed by atoms with E-state index in [1.165, 1.54) is 5.56 Å². The van der Waals surface area contributed by atoms with E-state index in [0.717, 1.165) is 23.3 Å². The van der Waals surface area contributed by atoms with Crippen molar-refractivity contribution in [1.82, 2.24) is 5.32 Å². The maximum Gasteiger partial charge on any atom is 0.122 e. The van der Waals surface area contributed by atoms with Crippen LogP contribution in [0.5, 0.6) is 11.5 Å². The zero-order valence-electron chi connectivity index (χ0n) is 12.9. The summed E-state index contributed by atoms with van der Waals surface area (Å²) in [4.78, 5) is 0. The molecule has 112 valence electrons. The summed E-state index contributed by atoms with van der Waals surface area (Å²) < 4.78 is 5.38. The summed E-state index contributed by atoms with van der Waals surface area (Å²) in [7, 11) is 1.70. The summed E-state index contributed by atoms with van der Waals surface area (Å²) in [6, 6.07) is 14.2. The van der Waals surface area contributed by atoms with Crippen LogP contribution in [0.15, 0.2) is 42.5 Å². The van der Waals surface area contributed by atoms with Crippen LogP contribution in [0.2, 0.25) is 0 Å². The van der Waals surface area contributed by atoms with Crippen LogP contribution in [-0.2, 0) is 13.0 Å². The van der Waals surface area contributed by atoms with Crippen molar-refractivity contribution in [2.45, 2.75) is 32.9 Å². The van der Waals surface area contributed by atoms with Gasteiger partial charge < -0.3 is 15.2 Å². The van der Waals surface area contributed by atoms with Gasteiger partial charge in [0.25, 0.3) is 0 Å². The van der Waals surface area contributed by atoms with Crippen LogP contribution in [0.25, 0.3) is 0 Å². The predicted molar refractivity (Wildman–Crippen MR) is 85.8 cm³/mol. The number of rotatable bonds is 6. The molecule has 0 saturated heterocycles. The van der Waals surface area contributed by atoms with Crippen molar-refractivity contribution in [3.8, 4) is 11.5 Å². The second kappa shape index (κ2) is 7.14. The van der Waals surface area contributed by atoms with Crippen LogP contribution in [0, 0.1) is 6.92 Å². The molecule has 2 aromatic carbocycles. The van der Waals surface area contributed by atoms with E-state index in [1.54, 1.807) is 7.11 Å². The molecule has 1 atom stereocenters. The Morgan fingerprint density at radius 1 is 1.10 bits per heavy atom. The molecule has 2 aromatic rings. The topological polar surface area (TPSA) is 41.5 Å². The maximum atomic E-state index is 10.0. The Hall–Kier alpha value is -2.00. The maximum absolute atomic E-state index is 10.0. The molecule has 0 aliphatic heterocycles. The Labute approximate surface area is 126 Å². The van der Waals surface area contributed by atoms with Crippen LogP contribution in [-0.4, -0.2) is 18.3 Å². The molecule has 3 nitrogen and oxygen atoms in total. The molecule has 0 heterocycles. The molecule has 0 fully saturated rings. The number of phenols is 1. The number of nitrogens with one attached hydrogen (secondary N) is 1. The lowest BCUT2D eigenvalue weighted by molar-refractivity contribution is 0.405. The standard InChI is InChI=1S/C18H23NO2/c1-13-7-6-9-16(18(13)20)12-19-14(2)11-15-8-4-5-10-17(15)21-3/h4-10,14,19-20H,11-12H2,1-3H3. The second-order valence-corrected chi connectivity index (χ2v) is 5.38. The molecule has 21 heavy (non-hydrogen) atoms. The lowest BCUT2D eigenvalue weighted by Crippen LogP contribution is -2.27. The molecular weight excluding hydrogens is 262 g/mol. The largest absolute Gasteiger partial charge is 0.507 e. The molecule has 0 aromatic heterocycles. The third-order valence-electron chi connectivity index (χ3n) is 3.68. The number of aryl methyl sites for hydroxylation is 1. The number of phenolic OH excluding ortho intramolecular Hbond substituents is 1. The highest BCUT2D eigenvalue weighted by molar-refractivity contribution is 5.39. The second-order valence-electron chi connectivity index (χ2n) is 5.38. The van der Waals surface area contributed by atoms with Crippen LogP contribution in [0.4, 0.5) is 0 Å². The fourth-order valence-electron chi connectivity index (χ4n) is 2.42. The lowest BCUT2D eigenvalue weighted by atomic mass is 10.1. The molecule has 2 N–H and O–H groups in total. The van der Waals surface area contributed by atoms with Gasteiger partial charge >= 0.3 is 0 Å². The third-order valence-corrected chi connectivity index (χ3v) is 3.68. The number of hydrogen-bond donors (Lipinski definition) is 2. The minimum atomic E-state index is 0.293. The SMILES string of the molecule is COc1ccccc1CC(C)NCc1cccc(C)c1O. The van der Waals surface area contributed by atoms with Gasteiger partial charge in [0.1, 0.15) is 11.5 Å². The summed E-state index contributed by atoms with van der Waals surface area (Å²) in [6.45, 7) is 4.71. The molecule has 0 saturated carbocycles. The molecule has 0 amide bonds. The van der Waals surface area contributed by atoms with E-state index in [1.807, 2.05) is 43.3 Å². The minimum absolute atomic E-state index is 0.293. The molecule has 0 radical (unpaired) electrons. The van der Waals surface area contributed by atoms with Crippen LogP contribution >= 0.6 is 0 Å². The summed E-state index contributed by atoms with van der Waals surface area (Å²) in [6.07, 6.45) is 0.886. The van der Waals surface area contributed by atoms with Gasteiger partial charge in [0.15, 0.2) is 0 Å². The zero-order valence-corrected chi connectivity index (χ0v) is 12.9. The van der Waals surface area contributed by atoms with E-state index in [-0.39, 0.29) is 0 Å². The first-order chi connectivity index (χ1) is 10.1. The van der Waals surface area contributed by atoms with Crippen molar-refractivity contribution in [3.05, 3.63) is 59.2 Å². The number of para-hydroxylation sites is 2. The predicted octanol–water partition coefficient (Wildman–Crippen LogP) is 3.43. The highest BCUT2D eigenvalue weighted by atomic mass is 16.5. The zero-order chi connectivity index (χ0) is 15.2. The van der Waals surface area contributed by atoms with Gasteiger partial charge in [-0.3, -0.25) is 0 Å². The number of ether oxygens (including phenoxy) is 1. The quantitative estimate of drug-likeness (QED) is 0.854. The van der Waals surface area contributed by atoms with E-state index >= 15 is 0 Å². The van der Waals surface area contributed by atoms with Gasteiger partial charge in [-0.2, -0.15) is 0 Å².